The predicted octanol–water partition coefficient (Wildman–Crippen LogP) is 12.3. The Hall–Kier alpha value is -7.44. The SMILES string of the molecule is Oc1c(O)c(O)c(-c2ccc3c(c2)oc2cccc(-c4ccc5ccc6c(-c7cc8ccccc8c8ccccc78)ccc7ccc4c5c76)c23)c(O)c1O. The van der Waals surface area contributed by atoms with Gasteiger partial charge in [0.2, 0.25) is 17.2 Å². The van der Waals surface area contributed by atoms with E-state index in [9.17, 15) is 25.5 Å². The van der Waals surface area contributed by atoms with Gasteiger partial charge < -0.3 is 29.9 Å². The Bertz CT molecular complexity index is 3360. The Morgan fingerprint density at radius 3 is 1.59 bits per heavy atom. The third-order valence-electron chi connectivity index (χ3n) is 11.2. The van der Waals surface area contributed by atoms with Crippen LogP contribution in [0.5, 0.6) is 28.7 Å². The number of benzene rings is 10. The van der Waals surface area contributed by atoms with Crippen molar-refractivity contribution in [1.29, 1.82) is 0 Å². The first kappa shape index (κ1) is 30.2. The standard InChI is InChI=1S/C48H28O6/c49-44-42(45(50)47(52)48(53)46(44)51)27-16-21-36-39(23-27)54-38-11-5-10-33(43(36)38)31-17-12-24-15-20-35-32(18-13-25-14-19-34(31)40(24)41(25)35)37-22-26-6-1-2-7-28(26)29-8-3-4-9-30(29)37/h1-23,49-53H. The number of phenolic OH excluding ortho intramolecular Hbond substituents is 5. The molecule has 0 amide bonds. The zero-order valence-electron chi connectivity index (χ0n) is 28.4. The zero-order valence-corrected chi connectivity index (χ0v) is 28.4. The van der Waals surface area contributed by atoms with E-state index in [0.29, 0.717) is 11.2 Å². The van der Waals surface area contributed by atoms with Crippen LogP contribution in [0.1, 0.15) is 0 Å². The van der Waals surface area contributed by atoms with Crippen LogP contribution in [0.3, 0.4) is 0 Å². The summed E-state index contributed by atoms with van der Waals surface area (Å²) in [5, 5.41) is 65.2. The first-order valence-corrected chi connectivity index (χ1v) is 17.6. The fraction of sp³-hybridized carbons (Fsp3) is 0. The molecule has 10 aromatic carbocycles. The van der Waals surface area contributed by atoms with Crippen LogP contribution in [0.4, 0.5) is 0 Å². The lowest BCUT2D eigenvalue weighted by atomic mass is 9.85. The molecule has 0 atom stereocenters. The van der Waals surface area contributed by atoms with Crippen LogP contribution in [0.15, 0.2) is 144 Å². The zero-order chi connectivity index (χ0) is 36.4. The van der Waals surface area contributed by atoms with E-state index in [2.05, 4.69) is 109 Å². The van der Waals surface area contributed by atoms with Gasteiger partial charge in [-0.2, -0.15) is 0 Å². The maximum atomic E-state index is 10.6. The summed E-state index contributed by atoms with van der Waals surface area (Å²) in [5.74, 6) is -4.39. The second-order valence-corrected chi connectivity index (χ2v) is 13.9. The third-order valence-corrected chi connectivity index (χ3v) is 11.2. The van der Waals surface area contributed by atoms with Crippen molar-refractivity contribution >= 4 is 75.8 Å². The molecule has 11 aromatic rings. The summed E-state index contributed by atoms with van der Waals surface area (Å²) in [5.41, 5.74) is 5.62. The van der Waals surface area contributed by atoms with Gasteiger partial charge >= 0.3 is 0 Å². The highest BCUT2D eigenvalue weighted by molar-refractivity contribution is 6.30. The summed E-state index contributed by atoms with van der Waals surface area (Å²) >= 11 is 0. The fourth-order valence-electron chi connectivity index (χ4n) is 8.71. The normalized spacial score (nSPS) is 12.1. The van der Waals surface area contributed by atoms with Gasteiger partial charge in [0, 0.05) is 10.8 Å². The summed E-state index contributed by atoms with van der Waals surface area (Å²) in [6.45, 7) is 0. The molecule has 11 rings (SSSR count). The van der Waals surface area contributed by atoms with Crippen LogP contribution in [-0.4, -0.2) is 25.5 Å². The quantitative estimate of drug-likeness (QED) is 0.0712. The van der Waals surface area contributed by atoms with E-state index in [-0.39, 0.29) is 11.1 Å². The fourth-order valence-corrected chi connectivity index (χ4v) is 8.71. The summed E-state index contributed by atoms with van der Waals surface area (Å²) in [6.07, 6.45) is 0. The number of furan rings is 1. The summed E-state index contributed by atoms with van der Waals surface area (Å²) < 4.78 is 6.36. The topological polar surface area (TPSA) is 114 Å². The number of phenols is 5. The first-order chi connectivity index (χ1) is 26.4. The molecule has 1 heterocycles. The second kappa shape index (κ2) is 10.8. The molecular weight excluding hydrogens is 673 g/mol. The molecule has 6 heteroatoms. The molecule has 0 aliphatic carbocycles. The van der Waals surface area contributed by atoms with Gasteiger partial charge in [0.05, 0.1) is 5.56 Å². The summed E-state index contributed by atoms with van der Waals surface area (Å²) in [6, 6.07) is 48.4. The van der Waals surface area contributed by atoms with E-state index >= 15 is 0 Å². The lowest BCUT2D eigenvalue weighted by molar-refractivity contribution is 0.330. The van der Waals surface area contributed by atoms with Crippen molar-refractivity contribution in [3.63, 3.8) is 0 Å². The number of hydrogen-bond acceptors (Lipinski definition) is 6. The first-order valence-electron chi connectivity index (χ1n) is 17.6. The largest absolute Gasteiger partial charge is 0.504 e. The molecule has 0 unspecified atom stereocenters. The van der Waals surface area contributed by atoms with Crippen molar-refractivity contribution < 1.29 is 29.9 Å². The van der Waals surface area contributed by atoms with Gasteiger partial charge in [0.15, 0.2) is 11.5 Å². The van der Waals surface area contributed by atoms with Crippen LogP contribution >= 0.6 is 0 Å². The molecule has 5 N–H and O–H groups in total. The molecule has 0 fully saturated rings. The monoisotopic (exact) mass is 700 g/mol. The molecule has 0 saturated heterocycles. The molecule has 1 aromatic heterocycles. The Morgan fingerprint density at radius 1 is 0.315 bits per heavy atom. The average Bonchev–Trinajstić information content (AvgIpc) is 3.59. The summed E-state index contributed by atoms with van der Waals surface area (Å²) in [7, 11) is 0. The van der Waals surface area contributed by atoms with Crippen LogP contribution in [-0.2, 0) is 0 Å². The van der Waals surface area contributed by atoms with Crippen molar-refractivity contribution in [3.8, 4) is 62.1 Å². The minimum atomic E-state index is -1.00. The molecule has 54 heavy (non-hydrogen) atoms. The highest BCUT2D eigenvalue weighted by Gasteiger charge is 2.25. The molecule has 256 valence electrons. The van der Waals surface area contributed by atoms with Gasteiger partial charge in [0.1, 0.15) is 11.2 Å². The maximum Gasteiger partial charge on any atom is 0.208 e. The molecule has 0 aliphatic heterocycles. The molecule has 0 aliphatic rings. The third kappa shape index (κ3) is 3.99. The molecule has 0 radical (unpaired) electrons. The maximum absolute atomic E-state index is 10.6. The van der Waals surface area contributed by atoms with Gasteiger partial charge in [-0.15, -0.1) is 0 Å². The number of hydrogen-bond donors (Lipinski definition) is 5. The van der Waals surface area contributed by atoms with Crippen molar-refractivity contribution in [2.45, 2.75) is 0 Å². The minimum Gasteiger partial charge on any atom is -0.504 e. The molecule has 0 bridgehead atoms. The Kier molecular flexibility index (Phi) is 6.04. The molecule has 0 saturated carbocycles. The average molecular weight is 701 g/mol. The van der Waals surface area contributed by atoms with Gasteiger partial charge in [-0.1, -0.05) is 115 Å². The summed E-state index contributed by atoms with van der Waals surface area (Å²) in [4.78, 5) is 0. The van der Waals surface area contributed by atoms with E-state index in [1.54, 1.807) is 12.1 Å². The predicted molar refractivity (Wildman–Crippen MR) is 217 cm³/mol. The Labute approximate surface area is 306 Å². The Morgan fingerprint density at radius 2 is 0.889 bits per heavy atom. The lowest BCUT2D eigenvalue weighted by Gasteiger charge is -2.18. The van der Waals surface area contributed by atoms with E-state index in [1.165, 1.54) is 54.2 Å². The smallest absolute Gasteiger partial charge is 0.208 e. The van der Waals surface area contributed by atoms with Crippen LogP contribution < -0.4 is 0 Å². The van der Waals surface area contributed by atoms with Crippen molar-refractivity contribution in [3.05, 3.63) is 140 Å². The van der Waals surface area contributed by atoms with E-state index in [0.717, 1.165) is 32.7 Å². The van der Waals surface area contributed by atoms with Gasteiger partial charge in [-0.25, -0.2) is 0 Å². The number of rotatable bonds is 3. The highest BCUT2D eigenvalue weighted by atomic mass is 16.4. The van der Waals surface area contributed by atoms with Gasteiger partial charge in [-0.3, -0.25) is 0 Å². The van der Waals surface area contributed by atoms with E-state index < -0.39 is 28.7 Å². The number of fused-ring (bicyclic) bond motifs is 6. The minimum absolute atomic E-state index is 0.229. The van der Waals surface area contributed by atoms with Crippen LogP contribution in [0.2, 0.25) is 0 Å². The van der Waals surface area contributed by atoms with E-state index in [1.807, 2.05) is 18.2 Å². The lowest BCUT2D eigenvalue weighted by Crippen LogP contribution is -1.91. The van der Waals surface area contributed by atoms with Crippen molar-refractivity contribution in [2.24, 2.45) is 0 Å². The van der Waals surface area contributed by atoms with Gasteiger partial charge in [0.25, 0.3) is 0 Å². The van der Waals surface area contributed by atoms with Crippen LogP contribution in [0.25, 0.3) is 109 Å². The molecule has 0 spiro atoms. The second-order valence-electron chi connectivity index (χ2n) is 13.9. The van der Waals surface area contributed by atoms with E-state index in [4.69, 9.17) is 4.42 Å². The highest BCUT2D eigenvalue weighted by Crippen LogP contribution is 2.55. The molecule has 6 nitrogen and oxygen atoms in total. The number of aromatic hydroxyl groups is 5. The Balaban J connectivity index is 1.14. The van der Waals surface area contributed by atoms with Crippen molar-refractivity contribution in [2.75, 3.05) is 0 Å². The van der Waals surface area contributed by atoms with Crippen LogP contribution in [0, 0.1) is 0 Å². The molecular formula is C48H28O6. The van der Waals surface area contributed by atoms with Gasteiger partial charge in [-0.05, 0) is 106 Å². The van der Waals surface area contributed by atoms with Crippen molar-refractivity contribution in [1.82, 2.24) is 0 Å².